The summed E-state index contributed by atoms with van der Waals surface area (Å²) in [7, 11) is 0. The Kier molecular flexibility index (Phi) is 2.25. The number of nitrogens with zero attached hydrogens (tertiary/aromatic N) is 1. The lowest BCUT2D eigenvalue weighted by atomic mass is 10.1. The minimum absolute atomic E-state index is 0.119. The van der Waals surface area contributed by atoms with Crippen LogP contribution in [0.1, 0.15) is 11.1 Å². The zero-order chi connectivity index (χ0) is 8.43. The van der Waals surface area contributed by atoms with Crippen molar-refractivity contribution in [3.05, 3.63) is 33.5 Å². The fraction of sp³-hybridized carbons (Fsp3) is 0.125. The third-order valence-corrected chi connectivity index (χ3v) is 1.82. The number of halogens is 2. The first-order valence-corrected chi connectivity index (χ1v) is 3.80. The lowest BCUT2D eigenvalue weighted by molar-refractivity contribution is 0.621. The van der Waals surface area contributed by atoms with Gasteiger partial charge in [0.2, 0.25) is 0 Å². The molecule has 3 heteroatoms. The van der Waals surface area contributed by atoms with E-state index in [0.29, 0.717) is 10.0 Å². The summed E-state index contributed by atoms with van der Waals surface area (Å²) >= 11 is 3.13. The fourth-order valence-electron chi connectivity index (χ4n) is 0.844. The summed E-state index contributed by atoms with van der Waals surface area (Å²) in [6.07, 6.45) is 0. The number of hydrogen-bond donors (Lipinski definition) is 0. The average molecular weight is 214 g/mol. The van der Waals surface area contributed by atoms with Crippen LogP contribution in [0.4, 0.5) is 4.39 Å². The summed E-state index contributed by atoms with van der Waals surface area (Å²) in [4.78, 5) is 0. The molecule has 0 fully saturated rings. The highest BCUT2D eigenvalue weighted by Gasteiger charge is 2.05. The van der Waals surface area contributed by atoms with Gasteiger partial charge in [-0.2, -0.15) is 5.26 Å². The third kappa shape index (κ3) is 1.58. The number of aryl methyl sites for hydroxylation is 1. The van der Waals surface area contributed by atoms with Crippen LogP contribution in [-0.4, -0.2) is 0 Å². The van der Waals surface area contributed by atoms with Crippen LogP contribution in [0.3, 0.4) is 0 Å². The van der Waals surface area contributed by atoms with Gasteiger partial charge in [0.1, 0.15) is 11.9 Å². The number of rotatable bonds is 0. The van der Waals surface area contributed by atoms with Gasteiger partial charge in [0.25, 0.3) is 0 Å². The predicted molar refractivity (Wildman–Crippen MR) is 43.6 cm³/mol. The molecule has 0 saturated heterocycles. The molecule has 0 radical (unpaired) electrons. The molecule has 1 rings (SSSR count). The van der Waals surface area contributed by atoms with E-state index in [0.717, 1.165) is 0 Å². The van der Waals surface area contributed by atoms with E-state index in [1.807, 2.05) is 0 Å². The van der Waals surface area contributed by atoms with Crippen LogP contribution in [0, 0.1) is 24.1 Å². The van der Waals surface area contributed by atoms with Crippen LogP contribution in [0.2, 0.25) is 0 Å². The minimum atomic E-state index is -0.473. The largest absolute Gasteiger partial charge is 0.205 e. The van der Waals surface area contributed by atoms with Gasteiger partial charge in [0.05, 0.1) is 5.56 Å². The quantitative estimate of drug-likeness (QED) is 0.651. The lowest BCUT2D eigenvalue weighted by Crippen LogP contribution is -1.87. The van der Waals surface area contributed by atoms with Crippen molar-refractivity contribution < 1.29 is 4.39 Å². The fourth-order valence-corrected chi connectivity index (χ4v) is 1.39. The molecule has 0 aliphatic heterocycles. The first-order chi connectivity index (χ1) is 5.15. The SMILES string of the molecule is Cc1cc(Br)cc(F)c1C#N. The highest BCUT2D eigenvalue weighted by molar-refractivity contribution is 9.10. The van der Waals surface area contributed by atoms with Gasteiger partial charge in [-0.1, -0.05) is 15.9 Å². The molecule has 0 heterocycles. The van der Waals surface area contributed by atoms with Crippen molar-refractivity contribution in [1.29, 1.82) is 5.26 Å². The van der Waals surface area contributed by atoms with E-state index >= 15 is 0 Å². The van der Waals surface area contributed by atoms with Crippen LogP contribution in [0.15, 0.2) is 16.6 Å². The van der Waals surface area contributed by atoms with E-state index < -0.39 is 5.82 Å². The number of nitriles is 1. The molecule has 0 aromatic heterocycles. The van der Waals surface area contributed by atoms with Gasteiger partial charge in [-0.25, -0.2) is 4.39 Å². The Morgan fingerprint density at radius 3 is 2.64 bits per heavy atom. The molecule has 0 N–H and O–H groups in total. The van der Waals surface area contributed by atoms with E-state index in [9.17, 15) is 4.39 Å². The number of hydrogen-bond acceptors (Lipinski definition) is 1. The second-order valence-electron chi connectivity index (χ2n) is 2.19. The molecule has 1 nitrogen and oxygen atoms in total. The van der Waals surface area contributed by atoms with Gasteiger partial charge in [-0.15, -0.1) is 0 Å². The Labute approximate surface area is 72.6 Å². The zero-order valence-electron chi connectivity index (χ0n) is 5.86. The molecule has 0 atom stereocenters. The minimum Gasteiger partial charge on any atom is -0.205 e. The van der Waals surface area contributed by atoms with E-state index in [4.69, 9.17) is 5.26 Å². The monoisotopic (exact) mass is 213 g/mol. The third-order valence-electron chi connectivity index (χ3n) is 1.36. The molecule has 0 unspecified atom stereocenters. The molecule has 0 aliphatic carbocycles. The summed E-state index contributed by atoms with van der Waals surface area (Å²) in [6.45, 7) is 1.70. The van der Waals surface area contributed by atoms with Crippen LogP contribution in [0.25, 0.3) is 0 Å². The highest BCUT2D eigenvalue weighted by atomic mass is 79.9. The Bertz CT molecular complexity index is 304. The number of benzene rings is 1. The Morgan fingerprint density at radius 1 is 1.55 bits per heavy atom. The molecule has 11 heavy (non-hydrogen) atoms. The summed E-state index contributed by atoms with van der Waals surface area (Å²) in [5, 5.41) is 8.48. The van der Waals surface area contributed by atoms with Crippen molar-refractivity contribution in [2.45, 2.75) is 6.92 Å². The molecule has 0 saturated carbocycles. The molecular weight excluding hydrogens is 209 g/mol. The van der Waals surface area contributed by atoms with E-state index in [2.05, 4.69) is 15.9 Å². The molecule has 0 spiro atoms. The van der Waals surface area contributed by atoms with Gasteiger partial charge in [-0.05, 0) is 24.6 Å². The Hall–Kier alpha value is -0.880. The Morgan fingerprint density at radius 2 is 2.18 bits per heavy atom. The normalized spacial score (nSPS) is 9.27. The Balaban J connectivity index is 3.40. The van der Waals surface area contributed by atoms with Crippen LogP contribution in [0.5, 0.6) is 0 Å². The van der Waals surface area contributed by atoms with Crippen molar-refractivity contribution in [2.24, 2.45) is 0 Å². The maximum absolute atomic E-state index is 12.9. The van der Waals surface area contributed by atoms with Crippen molar-refractivity contribution >= 4 is 15.9 Å². The first kappa shape index (κ1) is 8.22. The lowest BCUT2D eigenvalue weighted by Gasteiger charge is -1.98. The summed E-state index contributed by atoms with van der Waals surface area (Å²) < 4.78 is 13.5. The molecule has 0 amide bonds. The molecule has 1 aromatic carbocycles. The molecular formula is C8H5BrFN. The van der Waals surface area contributed by atoms with E-state index in [1.165, 1.54) is 6.07 Å². The standard InChI is InChI=1S/C8H5BrFN/c1-5-2-6(9)3-8(10)7(5)4-11/h2-3H,1H3. The van der Waals surface area contributed by atoms with Gasteiger partial charge < -0.3 is 0 Å². The van der Waals surface area contributed by atoms with Crippen LogP contribution >= 0.6 is 15.9 Å². The van der Waals surface area contributed by atoms with Gasteiger partial charge in [0, 0.05) is 4.47 Å². The zero-order valence-corrected chi connectivity index (χ0v) is 7.44. The van der Waals surface area contributed by atoms with Crippen molar-refractivity contribution in [1.82, 2.24) is 0 Å². The average Bonchev–Trinajstić information content (AvgIpc) is 1.85. The summed E-state index contributed by atoms with van der Waals surface area (Å²) in [5.74, 6) is -0.473. The summed E-state index contributed by atoms with van der Waals surface area (Å²) in [5.41, 5.74) is 0.771. The second-order valence-corrected chi connectivity index (χ2v) is 3.11. The predicted octanol–water partition coefficient (Wildman–Crippen LogP) is 2.77. The smallest absolute Gasteiger partial charge is 0.142 e. The molecule has 0 bridgehead atoms. The molecule has 56 valence electrons. The highest BCUT2D eigenvalue weighted by Crippen LogP contribution is 2.18. The first-order valence-electron chi connectivity index (χ1n) is 3.01. The van der Waals surface area contributed by atoms with Gasteiger partial charge in [0.15, 0.2) is 0 Å². The van der Waals surface area contributed by atoms with Gasteiger partial charge >= 0.3 is 0 Å². The van der Waals surface area contributed by atoms with Crippen molar-refractivity contribution in [2.75, 3.05) is 0 Å². The van der Waals surface area contributed by atoms with Crippen molar-refractivity contribution in [3.63, 3.8) is 0 Å². The van der Waals surface area contributed by atoms with Crippen LogP contribution in [-0.2, 0) is 0 Å². The maximum Gasteiger partial charge on any atom is 0.142 e. The van der Waals surface area contributed by atoms with Crippen LogP contribution < -0.4 is 0 Å². The second kappa shape index (κ2) is 3.02. The topological polar surface area (TPSA) is 23.8 Å². The molecule has 0 aliphatic rings. The molecule has 1 aromatic rings. The van der Waals surface area contributed by atoms with E-state index in [-0.39, 0.29) is 5.56 Å². The maximum atomic E-state index is 12.9. The van der Waals surface area contributed by atoms with Crippen molar-refractivity contribution in [3.8, 4) is 6.07 Å². The van der Waals surface area contributed by atoms with Gasteiger partial charge in [-0.3, -0.25) is 0 Å². The van der Waals surface area contributed by atoms with E-state index in [1.54, 1.807) is 19.1 Å². The summed E-state index contributed by atoms with van der Waals surface area (Å²) in [6, 6.07) is 4.79.